The molecule has 0 N–H and O–H groups in total. The standard InChI is InChI=1S/C19H20ClNO3/c1-11-3-5-13(6-4-11)17-16(12(2)22)18(23)19(24)21(17)15-9-7-14(20)8-10-15/h7-10,13,16-17H,1,3-6H2,2H3/t16?,17-/m0/s1. The Balaban J connectivity index is 2.01. The zero-order chi connectivity index (χ0) is 17.4. The van der Waals surface area contributed by atoms with Crippen molar-refractivity contribution in [1.82, 2.24) is 0 Å². The van der Waals surface area contributed by atoms with Crippen LogP contribution in [0.25, 0.3) is 0 Å². The van der Waals surface area contributed by atoms with Crippen LogP contribution in [0.2, 0.25) is 5.02 Å². The van der Waals surface area contributed by atoms with Crippen LogP contribution in [0, 0.1) is 11.8 Å². The summed E-state index contributed by atoms with van der Waals surface area (Å²) in [7, 11) is 0. The predicted molar refractivity (Wildman–Crippen MR) is 93.0 cm³/mol. The summed E-state index contributed by atoms with van der Waals surface area (Å²) in [6, 6.07) is 6.43. The maximum atomic E-state index is 12.6. The number of allylic oxidation sites excluding steroid dienone is 1. The molecule has 2 aliphatic rings. The van der Waals surface area contributed by atoms with Crippen molar-refractivity contribution in [2.75, 3.05) is 4.90 Å². The Labute approximate surface area is 146 Å². The predicted octanol–water partition coefficient (Wildman–Crippen LogP) is 3.58. The first-order chi connectivity index (χ1) is 11.4. The van der Waals surface area contributed by atoms with Crippen molar-refractivity contribution in [2.45, 2.75) is 38.6 Å². The molecular weight excluding hydrogens is 326 g/mol. The second-order valence-electron chi connectivity index (χ2n) is 6.68. The second-order valence-corrected chi connectivity index (χ2v) is 7.12. The summed E-state index contributed by atoms with van der Waals surface area (Å²) in [6.07, 6.45) is 3.45. The number of nitrogens with zero attached hydrogens (tertiary/aromatic N) is 1. The van der Waals surface area contributed by atoms with E-state index < -0.39 is 23.7 Å². The largest absolute Gasteiger partial charge is 0.301 e. The van der Waals surface area contributed by atoms with Gasteiger partial charge in [-0.25, -0.2) is 0 Å². The number of halogens is 1. The van der Waals surface area contributed by atoms with Gasteiger partial charge in [0.05, 0.1) is 6.04 Å². The number of amides is 1. The van der Waals surface area contributed by atoms with E-state index in [-0.39, 0.29) is 11.7 Å². The number of rotatable bonds is 3. The summed E-state index contributed by atoms with van der Waals surface area (Å²) in [5.41, 5.74) is 1.82. The minimum Gasteiger partial charge on any atom is -0.301 e. The van der Waals surface area contributed by atoms with E-state index in [4.69, 9.17) is 11.6 Å². The Bertz CT molecular complexity index is 700. The van der Waals surface area contributed by atoms with E-state index >= 15 is 0 Å². The first-order valence-corrected chi connectivity index (χ1v) is 8.58. The van der Waals surface area contributed by atoms with Crippen molar-refractivity contribution < 1.29 is 14.4 Å². The van der Waals surface area contributed by atoms with Crippen LogP contribution in [0.4, 0.5) is 5.69 Å². The minimum absolute atomic E-state index is 0.121. The van der Waals surface area contributed by atoms with Gasteiger partial charge in [0, 0.05) is 10.7 Å². The molecule has 0 aromatic heterocycles. The van der Waals surface area contributed by atoms with Crippen molar-refractivity contribution >= 4 is 34.8 Å². The van der Waals surface area contributed by atoms with Gasteiger partial charge in [-0.15, -0.1) is 0 Å². The van der Waals surface area contributed by atoms with Gasteiger partial charge in [-0.3, -0.25) is 14.4 Å². The van der Waals surface area contributed by atoms with Crippen LogP contribution in [0.3, 0.4) is 0 Å². The Hall–Kier alpha value is -1.94. The quantitative estimate of drug-likeness (QED) is 0.478. The maximum Gasteiger partial charge on any atom is 0.295 e. The van der Waals surface area contributed by atoms with E-state index in [9.17, 15) is 14.4 Å². The molecular formula is C19H20ClNO3. The molecule has 0 bridgehead atoms. The van der Waals surface area contributed by atoms with Crippen molar-refractivity contribution in [3.63, 3.8) is 0 Å². The van der Waals surface area contributed by atoms with Gasteiger partial charge in [0.15, 0.2) is 0 Å². The van der Waals surface area contributed by atoms with Crippen LogP contribution in [-0.4, -0.2) is 23.5 Å². The van der Waals surface area contributed by atoms with Crippen LogP contribution in [-0.2, 0) is 14.4 Å². The average Bonchev–Trinajstić information content (AvgIpc) is 2.81. The van der Waals surface area contributed by atoms with Gasteiger partial charge < -0.3 is 4.90 Å². The number of carbonyl (C=O) groups excluding carboxylic acids is 3. The Morgan fingerprint density at radius 3 is 2.29 bits per heavy atom. The normalized spacial score (nSPS) is 25.4. The highest BCUT2D eigenvalue weighted by Crippen LogP contribution is 2.40. The molecule has 1 saturated heterocycles. The van der Waals surface area contributed by atoms with E-state index in [1.54, 1.807) is 24.3 Å². The van der Waals surface area contributed by atoms with Crippen LogP contribution in [0.1, 0.15) is 32.6 Å². The highest BCUT2D eigenvalue weighted by atomic mass is 35.5. The van der Waals surface area contributed by atoms with Gasteiger partial charge in [0.2, 0.25) is 5.78 Å². The third-order valence-corrected chi connectivity index (χ3v) is 5.37. The Kier molecular flexibility index (Phi) is 4.59. The lowest BCUT2D eigenvalue weighted by atomic mass is 9.76. The summed E-state index contributed by atoms with van der Waals surface area (Å²) in [4.78, 5) is 38.7. The molecule has 1 unspecified atom stereocenters. The number of carbonyl (C=O) groups is 3. The molecule has 2 atom stereocenters. The number of hydrogen-bond donors (Lipinski definition) is 0. The summed E-state index contributed by atoms with van der Waals surface area (Å²) >= 11 is 5.93. The minimum atomic E-state index is -0.871. The summed E-state index contributed by atoms with van der Waals surface area (Å²) in [5.74, 6) is -2.17. The smallest absolute Gasteiger partial charge is 0.295 e. The third kappa shape index (κ3) is 2.91. The zero-order valence-electron chi connectivity index (χ0n) is 13.6. The van der Waals surface area contributed by atoms with Crippen LogP contribution in [0.15, 0.2) is 36.4 Å². The fourth-order valence-electron chi connectivity index (χ4n) is 3.88. The van der Waals surface area contributed by atoms with Crippen LogP contribution < -0.4 is 4.90 Å². The van der Waals surface area contributed by atoms with Gasteiger partial charge >= 0.3 is 0 Å². The monoisotopic (exact) mass is 345 g/mol. The lowest BCUT2D eigenvalue weighted by molar-refractivity contribution is -0.138. The van der Waals surface area contributed by atoms with Gasteiger partial charge in [-0.05, 0) is 62.8 Å². The molecule has 126 valence electrons. The van der Waals surface area contributed by atoms with Gasteiger partial charge in [0.1, 0.15) is 11.7 Å². The molecule has 0 radical (unpaired) electrons. The zero-order valence-corrected chi connectivity index (χ0v) is 14.4. The maximum absolute atomic E-state index is 12.6. The van der Waals surface area contributed by atoms with Gasteiger partial charge in [-0.2, -0.15) is 0 Å². The van der Waals surface area contributed by atoms with Crippen molar-refractivity contribution in [1.29, 1.82) is 0 Å². The molecule has 4 nitrogen and oxygen atoms in total. The molecule has 1 heterocycles. The molecule has 24 heavy (non-hydrogen) atoms. The number of Topliss-reactive ketones (excluding diaryl/α,β-unsaturated/α-hetero) is 2. The number of hydrogen-bond acceptors (Lipinski definition) is 3. The highest BCUT2D eigenvalue weighted by Gasteiger charge is 2.53. The molecule has 1 amide bonds. The third-order valence-electron chi connectivity index (χ3n) is 5.11. The summed E-state index contributed by atoms with van der Waals surface area (Å²) in [5, 5.41) is 0.561. The van der Waals surface area contributed by atoms with E-state index in [0.717, 1.165) is 25.7 Å². The van der Waals surface area contributed by atoms with Gasteiger partial charge in [0.25, 0.3) is 5.91 Å². The topological polar surface area (TPSA) is 54.5 Å². The summed E-state index contributed by atoms with van der Waals surface area (Å²) in [6.45, 7) is 5.42. The molecule has 3 rings (SSSR count). The second kappa shape index (κ2) is 6.52. The first kappa shape index (κ1) is 16.9. The molecule has 5 heteroatoms. The Morgan fingerprint density at radius 2 is 1.75 bits per heavy atom. The lowest BCUT2D eigenvalue weighted by Gasteiger charge is -2.36. The SMILES string of the molecule is C=C1CCC([C@H]2C(C(C)=O)C(=O)C(=O)N2c2ccc(Cl)cc2)CC1. The summed E-state index contributed by atoms with van der Waals surface area (Å²) < 4.78 is 0. The Morgan fingerprint density at radius 1 is 1.17 bits per heavy atom. The molecule has 1 aliphatic heterocycles. The van der Waals surface area contributed by atoms with E-state index in [0.29, 0.717) is 10.7 Å². The molecule has 1 aromatic rings. The number of benzene rings is 1. The average molecular weight is 346 g/mol. The van der Waals surface area contributed by atoms with Crippen molar-refractivity contribution in [3.8, 4) is 0 Å². The molecule has 1 aromatic carbocycles. The van der Waals surface area contributed by atoms with E-state index in [1.807, 2.05) is 0 Å². The number of anilines is 1. The highest BCUT2D eigenvalue weighted by molar-refractivity contribution is 6.48. The molecule has 1 aliphatic carbocycles. The molecule has 0 spiro atoms. The molecule has 2 fully saturated rings. The fourth-order valence-corrected chi connectivity index (χ4v) is 4.01. The van der Waals surface area contributed by atoms with Crippen molar-refractivity contribution in [2.24, 2.45) is 11.8 Å². The fraction of sp³-hybridized carbons (Fsp3) is 0.421. The first-order valence-electron chi connectivity index (χ1n) is 8.20. The van der Waals surface area contributed by atoms with Crippen LogP contribution >= 0.6 is 11.6 Å². The molecule has 1 saturated carbocycles. The van der Waals surface area contributed by atoms with E-state index in [2.05, 4.69) is 6.58 Å². The van der Waals surface area contributed by atoms with Crippen LogP contribution in [0.5, 0.6) is 0 Å². The van der Waals surface area contributed by atoms with Gasteiger partial charge in [-0.1, -0.05) is 23.8 Å². The number of ketones is 2. The van der Waals surface area contributed by atoms with Crippen molar-refractivity contribution in [3.05, 3.63) is 41.4 Å². The lowest BCUT2D eigenvalue weighted by Crippen LogP contribution is -2.43. The van der Waals surface area contributed by atoms with E-state index in [1.165, 1.54) is 17.4 Å².